The molecule has 1 heterocycles. The monoisotopic (exact) mass is 310 g/mol. The van der Waals surface area contributed by atoms with Gasteiger partial charge in [-0.1, -0.05) is 32.1 Å². The molecular weight excluding hydrogens is 291 g/mol. The third kappa shape index (κ3) is 2.65. The topological polar surface area (TPSA) is 50.4 Å². The van der Waals surface area contributed by atoms with E-state index in [0.29, 0.717) is 4.99 Å². The van der Waals surface area contributed by atoms with Gasteiger partial charge >= 0.3 is 5.97 Å². The van der Waals surface area contributed by atoms with Gasteiger partial charge < -0.3 is 10.1 Å². The van der Waals surface area contributed by atoms with Gasteiger partial charge in [-0.3, -0.25) is 5.32 Å². The Morgan fingerprint density at radius 3 is 2.67 bits per heavy atom. The summed E-state index contributed by atoms with van der Waals surface area (Å²) in [4.78, 5) is 12.5. The number of halogens is 1. The Morgan fingerprint density at radius 2 is 2.14 bits per heavy atom. The molecule has 1 saturated heterocycles. The number of carbonyl (C=O) groups excluding carboxylic acids is 1. The highest BCUT2D eigenvalue weighted by Crippen LogP contribution is 2.31. The number of esters is 1. The van der Waals surface area contributed by atoms with Crippen LogP contribution in [-0.2, 0) is 4.74 Å². The van der Waals surface area contributed by atoms with Gasteiger partial charge in [0.1, 0.15) is 12.0 Å². The number of hydrogen-bond donors (Lipinski definition) is 2. The fraction of sp³-hybridized carbons (Fsp3) is 0.467. The lowest BCUT2D eigenvalue weighted by atomic mass is 9.89. The van der Waals surface area contributed by atoms with Crippen molar-refractivity contribution in [3.63, 3.8) is 0 Å². The van der Waals surface area contributed by atoms with Crippen molar-refractivity contribution < 1.29 is 13.9 Å². The number of benzene rings is 1. The van der Waals surface area contributed by atoms with Gasteiger partial charge in [-0.05, 0) is 25.0 Å². The van der Waals surface area contributed by atoms with E-state index in [2.05, 4.69) is 10.6 Å². The van der Waals surface area contributed by atoms with Crippen molar-refractivity contribution in [1.29, 1.82) is 0 Å². The van der Waals surface area contributed by atoms with Crippen LogP contribution in [0.3, 0.4) is 0 Å². The number of rotatable bonds is 3. The molecule has 0 radical (unpaired) electrons. The Hall–Kier alpha value is -1.53. The van der Waals surface area contributed by atoms with Gasteiger partial charge in [0.2, 0.25) is 0 Å². The molecule has 1 aromatic rings. The SMILES string of the molecule is COC(=O)c1cccc(F)c1[C@@H]1NC(=S)[C@@](C)(C(C)C)N1. The van der Waals surface area contributed by atoms with E-state index in [1.807, 2.05) is 20.8 Å². The van der Waals surface area contributed by atoms with Crippen LogP contribution in [0.15, 0.2) is 18.2 Å². The molecule has 2 atom stereocenters. The summed E-state index contributed by atoms with van der Waals surface area (Å²) in [5.41, 5.74) is -0.0234. The lowest BCUT2D eigenvalue weighted by molar-refractivity contribution is 0.0597. The number of carbonyl (C=O) groups is 1. The molecule has 1 aliphatic rings. The average molecular weight is 310 g/mol. The summed E-state index contributed by atoms with van der Waals surface area (Å²) in [6.45, 7) is 6.03. The number of nitrogens with one attached hydrogen (secondary N) is 2. The lowest BCUT2D eigenvalue weighted by Gasteiger charge is -2.28. The Balaban J connectivity index is 2.45. The smallest absolute Gasteiger partial charge is 0.338 e. The summed E-state index contributed by atoms with van der Waals surface area (Å²) >= 11 is 5.38. The summed E-state index contributed by atoms with van der Waals surface area (Å²) in [5.74, 6) is -0.827. The van der Waals surface area contributed by atoms with Crippen LogP contribution in [0.5, 0.6) is 0 Å². The maximum absolute atomic E-state index is 14.2. The fourth-order valence-electron chi connectivity index (χ4n) is 2.37. The summed E-state index contributed by atoms with van der Waals surface area (Å²) in [5, 5.41) is 6.37. The van der Waals surface area contributed by atoms with Gasteiger partial charge in [0.25, 0.3) is 0 Å². The molecule has 4 nitrogen and oxygen atoms in total. The van der Waals surface area contributed by atoms with Crippen molar-refractivity contribution in [2.45, 2.75) is 32.5 Å². The molecule has 2 N–H and O–H groups in total. The van der Waals surface area contributed by atoms with E-state index in [9.17, 15) is 9.18 Å². The van der Waals surface area contributed by atoms with E-state index >= 15 is 0 Å². The van der Waals surface area contributed by atoms with Crippen LogP contribution < -0.4 is 10.6 Å². The highest BCUT2D eigenvalue weighted by Gasteiger charge is 2.43. The molecule has 0 saturated carbocycles. The summed E-state index contributed by atoms with van der Waals surface area (Å²) in [6, 6.07) is 4.35. The van der Waals surface area contributed by atoms with Gasteiger partial charge in [0.15, 0.2) is 0 Å². The van der Waals surface area contributed by atoms with Crippen molar-refractivity contribution >= 4 is 23.2 Å². The minimum absolute atomic E-state index is 0.193. The Morgan fingerprint density at radius 1 is 1.48 bits per heavy atom. The molecule has 1 aromatic carbocycles. The van der Waals surface area contributed by atoms with Crippen molar-refractivity contribution in [1.82, 2.24) is 10.6 Å². The van der Waals surface area contributed by atoms with Crippen LogP contribution >= 0.6 is 12.2 Å². The Labute approximate surface area is 129 Å². The second-order valence-electron chi connectivity index (χ2n) is 5.60. The molecule has 0 spiro atoms. The molecule has 0 aliphatic carbocycles. The molecule has 0 amide bonds. The molecule has 21 heavy (non-hydrogen) atoms. The van der Waals surface area contributed by atoms with Crippen LogP contribution in [-0.4, -0.2) is 23.6 Å². The maximum atomic E-state index is 14.2. The predicted molar refractivity (Wildman–Crippen MR) is 82.6 cm³/mol. The zero-order valence-electron chi connectivity index (χ0n) is 12.5. The van der Waals surface area contributed by atoms with Gasteiger partial charge in [0.05, 0.1) is 23.2 Å². The highest BCUT2D eigenvalue weighted by atomic mass is 32.1. The Bertz CT molecular complexity index is 591. The molecular formula is C15H19FN2O2S. The Kier molecular flexibility index (Phi) is 4.30. The first-order valence-electron chi connectivity index (χ1n) is 6.76. The lowest BCUT2D eigenvalue weighted by Crippen LogP contribution is -2.47. The van der Waals surface area contributed by atoms with E-state index in [0.717, 1.165) is 0 Å². The summed E-state index contributed by atoms with van der Waals surface area (Å²) in [7, 11) is 1.27. The molecule has 114 valence electrons. The van der Waals surface area contributed by atoms with Crippen LogP contribution in [0.25, 0.3) is 0 Å². The normalized spacial score (nSPS) is 25.0. The first kappa shape index (κ1) is 15.9. The van der Waals surface area contributed by atoms with E-state index in [1.54, 1.807) is 6.07 Å². The first-order valence-corrected chi connectivity index (χ1v) is 7.17. The molecule has 1 fully saturated rings. The molecule has 2 rings (SSSR count). The van der Waals surface area contributed by atoms with Gasteiger partial charge in [0, 0.05) is 5.56 Å². The second-order valence-corrected chi connectivity index (χ2v) is 6.01. The van der Waals surface area contributed by atoms with Crippen molar-refractivity contribution in [2.24, 2.45) is 5.92 Å². The van der Waals surface area contributed by atoms with Crippen molar-refractivity contribution in [2.75, 3.05) is 7.11 Å². The van der Waals surface area contributed by atoms with Crippen molar-refractivity contribution in [3.8, 4) is 0 Å². The summed E-state index contributed by atoms with van der Waals surface area (Å²) in [6.07, 6.45) is -0.555. The average Bonchev–Trinajstić information content (AvgIpc) is 2.74. The minimum Gasteiger partial charge on any atom is -0.465 e. The van der Waals surface area contributed by atoms with Crippen LogP contribution in [0.4, 0.5) is 4.39 Å². The van der Waals surface area contributed by atoms with E-state index in [4.69, 9.17) is 17.0 Å². The predicted octanol–water partition coefficient (Wildman–Crippen LogP) is 2.55. The fourth-order valence-corrected chi connectivity index (χ4v) is 2.79. The highest BCUT2D eigenvalue weighted by molar-refractivity contribution is 7.80. The molecule has 0 bridgehead atoms. The minimum atomic E-state index is -0.572. The van der Waals surface area contributed by atoms with Gasteiger partial charge in [-0.15, -0.1) is 0 Å². The van der Waals surface area contributed by atoms with E-state index in [-0.39, 0.29) is 17.0 Å². The van der Waals surface area contributed by atoms with Gasteiger partial charge in [-0.2, -0.15) is 0 Å². The van der Waals surface area contributed by atoms with Crippen LogP contribution in [0.2, 0.25) is 0 Å². The van der Waals surface area contributed by atoms with Gasteiger partial charge in [-0.25, -0.2) is 9.18 Å². The van der Waals surface area contributed by atoms with Crippen LogP contribution in [0, 0.1) is 11.7 Å². The molecule has 0 aromatic heterocycles. The molecule has 6 heteroatoms. The number of methoxy groups -OCH3 is 1. The zero-order valence-corrected chi connectivity index (χ0v) is 13.3. The van der Waals surface area contributed by atoms with Crippen LogP contribution in [0.1, 0.15) is 42.9 Å². The number of thiocarbonyl (C=S) groups is 1. The first-order chi connectivity index (χ1) is 9.81. The number of ether oxygens (including phenoxy) is 1. The summed E-state index contributed by atoms with van der Waals surface area (Å²) < 4.78 is 19.0. The van der Waals surface area contributed by atoms with Crippen molar-refractivity contribution in [3.05, 3.63) is 35.1 Å². The number of hydrogen-bond acceptors (Lipinski definition) is 4. The van der Waals surface area contributed by atoms with E-state index in [1.165, 1.54) is 19.2 Å². The maximum Gasteiger partial charge on any atom is 0.338 e. The quantitative estimate of drug-likeness (QED) is 0.664. The molecule has 0 unspecified atom stereocenters. The molecule has 1 aliphatic heterocycles. The third-order valence-corrected chi connectivity index (χ3v) is 4.63. The largest absolute Gasteiger partial charge is 0.465 e. The van der Waals surface area contributed by atoms with E-state index < -0.39 is 23.5 Å². The zero-order chi connectivity index (χ0) is 15.8. The standard InChI is InChI=1S/C15H19FN2O2S/c1-8(2)15(3)14(21)17-12(18-15)11-9(13(19)20-4)6-5-7-10(11)16/h5-8,12,18H,1-4H3,(H,17,21)/t12-,15-/m1/s1. The second kappa shape index (κ2) is 5.69. The third-order valence-electron chi connectivity index (χ3n) is 4.09.